The summed E-state index contributed by atoms with van der Waals surface area (Å²) in [6.07, 6.45) is 8.53. The monoisotopic (exact) mass is 381 g/mol. The highest BCUT2D eigenvalue weighted by Crippen LogP contribution is 2.23. The Balaban J connectivity index is 1.59. The second-order valence-electron chi connectivity index (χ2n) is 6.43. The van der Waals surface area contributed by atoms with Gasteiger partial charge in [0.25, 0.3) is 0 Å². The van der Waals surface area contributed by atoms with Crippen LogP contribution in [0.15, 0.2) is 97.5 Å². The number of rotatable bonds is 6. The van der Waals surface area contributed by atoms with Gasteiger partial charge in [-0.25, -0.2) is 4.79 Å². The Labute approximate surface area is 168 Å². The summed E-state index contributed by atoms with van der Waals surface area (Å²) in [5.41, 5.74) is 3.61. The summed E-state index contributed by atoms with van der Waals surface area (Å²) in [6.45, 7) is 0.635. The third-order valence-corrected chi connectivity index (χ3v) is 4.27. The van der Waals surface area contributed by atoms with E-state index >= 15 is 0 Å². The predicted molar refractivity (Wildman–Crippen MR) is 112 cm³/mol. The minimum atomic E-state index is -0.441. The first-order chi connectivity index (χ1) is 14.3. The van der Waals surface area contributed by atoms with Gasteiger partial charge in [0.15, 0.2) is 0 Å². The first kappa shape index (κ1) is 18.4. The number of aromatic nitrogens is 3. The van der Waals surface area contributed by atoms with Crippen molar-refractivity contribution in [3.8, 4) is 17.0 Å². The van der Waals surface area contributed by atoms with Crippen molar-refractivity contribution in [2.45, 2.75) is 6.54 Å². The summed E-state index contributed by atoms with van der Waals surface area (Å²) in [4.78, 5) is 16.4. The van der Waals surface area contributed by atoms with Crippen molar-refractivity contribution in [2.24, 2.45) is 0 Å². The fraction of sp³-hybridized carbons (Fsp3) is 0.0417. The maximum absolute atomic E-state index is 12.2. The van der Waals surface area contributed by atoms with Crippen molar-refractivity contribution in [3.63, 3.8) is 0 Å². The average molecular weight is 381 g/mol. The van der Waals surface area contributed by atoms with Gasteiger partial charge in [-0.3, -0.25) is 9.67 Å². The molecule has 0 aliphatic heterocycles. The quantitative estimate of drug-likeness (QED) is 0.278. The second-order valence-corrected chi connectivity index (χ2v) is 6.43. The number of hydrogen-bond donors (Lipinski definition) is 0. The molecule has 0 fully saturated rings. The van der Waals surface area contributed by atoms with E-state index in [9.17, 15) is 4.79 Å². The van der Waals surface area contributed by atoms with Crippen LogP contribution in [0.3, 0.4) is 0 Å². The first-order valence-corrected chi connectivity index (χ1v) is 9.25. The van der Waals surface area contributed by atoms with E-state index in [2.05, 4.69) is 17.1 Å². The second kappa shape index (κ2) is 8.80. The maximum Gasteiger partial charge on any atom is 0.336 e. The number of pyridine rings is 1. The minimum absolute atomic E-state index is 0.441. The highest BCUT2D eigenvalue weighted by Gasteiger charge is 2.11. The number of benzene rings is 2. The Bertz CT molecular complexity index is 1100. The highest BCUT2D eigenvalue weighted by molar-refractivity contribution is 5.90. The van der Waals surface area contributed by atoms with E-state index in [4.69, 9.17) is 9.84 Å². The van der Waals surface area contributed by atoms with Crippen LogP contribution in [0, 0.1) is 0 Å². The van der Waals surface area contributed by atoms with Crippen molar-refractivity contribution in [3.05, 3.63) is 109 Å². The topological polar surface area (TPSA) is 57.0 Å². The third kappa shape index (κ3) is 4.84. The van der Waals surface area contributed by atoms with Crippen LogP contribution in [-0.2, 0) is 11.3 Å². The van der Waals surface area contributed by atoms with Gasteiger partial charge in [0, 0.05) is 35.8 Å². The maximum atomic E-state index is 12.2. The Kier molecular flexibility index (Phi) is 5.58. The molecule has 2 heterocycles. The Hall–Kier alpha value is -3.99. The molecule has 0 aliphatic rings. The summed E-state index contributed by atoms with van der Waals surface area (Å²) in [5, 5.41) is 4.71. The van der Waals surface area contributed by atoms with E-state index in [0.29, 0.717) is 12.3 Å². The van der Waals surface area contributed by atoms with Gasteiger partial charge in [-0.05, 0) is 35.9 Å². The van der Waals surface area contributed by atoms with E-state index in [1.165, 1.54) is 6.08 Å². The van der Waals surface area contributed by atoms with Crippen molar-refractivity contribution in [1.82, 2.24) is 14.8 Å². The molecule has 0 N–H and O–H groups in total. The van der Waals surface area contributed by atoms with Crippen LogP contribution in [0.4, 0.5) is 0 Å². The van der Waals surface area contributed by atoms with Crippen LogP contribution in [0.25, 0.3) is 17.3 Å². The summed E-state index contributed by atoms with van der Waals surface area (Å²) in [6, 6.07) is 22.9. The molecule has 0 saturated heterocycles. The SMILES string of the molecule is O=C(/C=C/c1cn(Cc2ccccc2)nc1-c1cccnc1)Oc1ccccc1. The smallest absolute Gasteiger partial charge is 0.336 e. The molecular formula is C24H19N3O2. The lowest BCUT2D eigenvalue weighted by Gasteiger charge is -2.01. The molecule has 4 rings (SSSR count). The zero-order chi connectivity index (χ0) is 19.9. The zero-order valence-electron chi connectivity index (χ0n) is 15.7. The third-order valence-electron chi connectivity index (χ3n) is 4.27. The van der Waals surface area contributed by atoms with E-state index in [1.807, 2.05) is 59.4 Å². The molecule has 0 spiro atoms. The fourth-order valence-electron chi connectivity index (χ4n) is 2.93. The van der Waals surface area contributed by atoms with Crippen molar-refractivity contribution in [1.29, 1.82) is 0 Å². The number of ether oxygens (including phenoxy) is 1. The lowest BCUT2D eigenvalue weighted by atomic mass is 10.1. The Morgan fingerprint density at radius 2 is 1.72 bits per heavy atom. The lowest BCUT2D eigenvalue weighted by Crippen LogP contribution is -2.03. The summed E-state index contributed by atoms with van der Waals surface area (Å²) < 4.78 is 7.18. The van der Waals surface area contributed by atoms with Gasteiger partial charge < -0.3 is 4.74 Å². The Morgan fingerprint density at radius 1 is 0.966 bits per heavy atom. The normalized spacial score (nSPS) is 10.9. The largest absolute Gasteiger partial charge is 0.423 e. The van der Waals surface area contributed by atoms with Gasteiger partial charge in [0.05, 0.1) is 6.54 Å². The molecule has 142 valence electrons. The molecule has 5 nitrogen and oxygen atoms in total. The number of esters is 1. The van der Waals surface area contributed by atoms with Gasteiger partial charge in [-0.15, -0.1) is 0 Å². The molecule has 2 aromatic carbocycles. The molecule has 0 atom stereocenters. The van der Waals surface area contributed by atoms with Crippen molar-refractivity contribution in [2.75, 3.05) is 0 Å². The van der Waals surface area contributed by atoms with Crippen LogP contribution >= 0.6 is 0 Å². The highest BCUT2D eigenvalue weighted by atomic mass is 16.5. The molecule has 0 amide bonds. The van der Waals surface area contributed by atoms with Crippen LogP contribution in [0.1, 0.15) is 11.1 Å². The Morgan fingerprint density at radius 3 is 2.45 bits per heavy atom. The van der Waals surface area contributed by atoms with Gasteiger partial charge in [0.1, 0.15) is 11.4 Å². The summed E-state index contributed by atoms with van der Waals surface area (Å²) >= 11 is 0. The van der Waals surface area contributed by atoms with E-state index in [1.54, 1.807) is 30.6 Å². The van der Waals surface area contributed by atoms with Gasteiger partial charge in [-0.2, -0.15) is 5.10 Å². The molecule has 4 aromatic rings. The van der Waals surface area contributed by atoms with Gasteiger partial charge in [-0.1, -0.05) is 48.5 Å². The number of para-hydroxylation sites is 1. The van der Waals surface area contributed by atoms with Crippen LogP contribution in [0.5, 0.6) is 5.75 Å². The number of carbonyl (C=O) groups excluding carboxylic acids is 1. The van der Waals surface area contributed by atoms with Crippen LogP contribution in [-0.4, -0.2) is 20.7 Å². The fourth-order valence-corrected chi connectivity index (χ4v) is 2.93. The number of hydrogen-bond acceptors (Lipinski definition) is 4. The molecule has 0 unspecified atom stereocenters. The van der Waals surface area contributed by atoms with Crippen molar-refractivity contribution >= 4 is 12.0 Å². The first-order valence-electron chi connectivity index (χ1n) is 9.25. The van der Waals surface area contributed by atoms with E-state index in [0.717, 1.165) is 22.4 Å². The average Bonchev–Trinajstić information content (AvgIpc) is 3.17. The predicted octanol–water partition coefficient (Wildman–Crippen LogP) is 4.61. The standard InChI is InChI=1S/C24H19N3O2/c28-23(29-22-11-5-2-6-12-22)14-13-21-18-27(17-19-8-3-1-4-9-19)26-24(21)20-10-7-15-25-16-20/h1-16,18H,17H2/b14-13+. The van der Waals surface area contributed by atoms with E-state index < -0.39 is 5.97 Å². The van der Waals surface area contributed by atoms with Gasteiger partial charge >= 0.3 is 5.97 Å². The molecule has 0 bridgehead atoms. The summed E-state index contributed by atoms with van der Waals surface area (Å²) in [7, 11) is 0. The molecule has 2 aromatic heterocycles. The van der Waals surface area contributed by atoms with Crippen molar-refractivity contribution < 1.29 is 9.53 Å². The molecular weight excluding hydrogens is 362 g/mol. The van der Waals surface area contributed by atoms with Gasteiger partial charge in [0.2, 0.25) is 0 Å². The molecule has 0 radical (unpaired) electrons. The summed E-state index contributed by atoms with van der Waals surface area (Å²) in [5.74, 6) is 0.0681. The number of nitrogens with zero attached hydrogens (tertiary/aromatic N) is 3. The molecule has 29 heavy (non-hydrogen) atoms. The molecule has 5 heteroatoms. The van der Waals surface area contributed by atoms with E-state index in [-0.39, 0.29) is 0 Å². The zero-order valence-corrected chi connectivity index (χ0v) is 15.7. The minimum Gasteiger partial charge on any atom is -0.423 e. The van der Waals surface area contributed by atoms with Crippen LogP contribution < -0.4 is 4.74 Å². The van der Waals surface area contributed by atoms with Crippen LogP contribution in [0.2, 0.25) is 0 Å². The molecule has 0 aliphatic carbocycles. The number of carbonyl (C=O) groups is 1. The molecule has 0 saturated carbocycles. The lowest BCUT2D eigenvalue weighted by molar-refractivity contribution is -0.128.